The molecule has 1 atom stereocenters. The second-order valence-electron chi connectivity index (χ2n) is 7.21. The number of H-pyrrole nitrogens is 1. The molecule has 0 saturated carbocycles. The molecular weight excluding hydrogens is 318 g/mol. The Morgan fingerprint density at radius 1 is 1.36 bits per heavy atom. The Balaban J connectivity index is 1.41. The molecule has 1 unspecified atom stereocenters. The van der Waals surface area contributed by atoms with Gasteiger partial charge in [-0.1, -0.05) is 0 Å². The van der Waals surface area contributed by atoms with E-state index in [1.165, 1.54) is 24.1 Å². The molecule has 1 aromatic rings. The summed E-state index contributed by atoms with van der Waals surface area (Å²) >= 11 is 0. The molecule has 0 radical (unpaired) electrons. The molecule has 1 aliphatic carbocycles. The minimum Gasteiger partial charge on any atom is -0.379 e. The summed E-state index contributed by atoms with van der Waals surface area (Å²) in [7, 11) is 1.84. The van der Waals surface area contributed by atoms with E-state index >= 15 is 0 Å². The van der Waals surface area contributed by atoms with E-state index in [-0.39, 0.29) is 6.03 Å². The van der Waals surface area contributed by atoms with Gasteiger partial charge in [0, 0.05) is 38.4 Å². The van der Waals surface area contributed by atoms with Crippen LogP contribution in [0, 0.1) is 0 Å². The third-order valence-electron chi connectivity index (χ3n) is 5.38. The number of carbonyl (C=O) groups excluding carboxylic acids is 1. The number of aryl methyl sites for hydroxylation is 1. The van der Waals surface area contributed by atoms with Crippen LogP contribution in [-0.4, -0.2) is 72.0 Å². The van der Waals surface area contributed by atoms with Crippen LogP contribution in [-0.2, 0) is 24.1 Å². The number of amides is 2. The monoisotopic (exact) mass is 349 g/mol. The van der Waals surface area contributed by atoms with Gasteiger partial charge in [-0.05, 0) is 44.6 Å². The lowest BCUT2D eigenvalue weighted by atomic mass is 9.96. The summed E-state index contributed by atoms with van der Waals surface area (Å²) in [6.07, 6.45) is 5.56. The highest BCUT2D eigenvalue weighted by molar-refractivity contribution is 5.73. The van der Waals surface area contributed by atoms with Crippen molar-refractivity contribution >= 4 is 6.03 Å². The highest BCUT2D eigenvalue weighted by atomic mass is 16.5. The number of fused-ring (bicyclic) bond motifs is 1. The third-order valence-corrected chi connectivity index (χ3v) is 5.38. The van der Waals surface area contributed by atoms with Crippen LogP contribution in [0.2, 0.25) is 0 Å². The van der Waals surface area contributed by atoms with Crippen LogP contribution in [0.4, 0.5) is 4.79 Å². The van der Waals surface area contributed by atoms with Gasteiger partial charge in [-0.2, -0.15) is 5.10 Å². The van der Waals surface area contributed by atoms with E-state index in [4.69, 9.17) is 4.74 Å². The second kappa shape index (κ2) is 8.67. The first-order chi connectivity index (χ1) is 12.1. The van der Waals surface area contributed by atoms with E-state index in [1.54, 1.807) is 4.90 Å². The highest BCUT2D eigenvalue weighted by Gasteiger charge is 2.20. The Hall–Kier alpha value is -1.60. The number of ether oxygens (including phenoxy) is 1. The van der Waals surface area contributed by atoms with Crippen LogP contribution in [0.1, 0.15) is 43.1 Å². The SMILES string of the molecule is CC(CCNC(=O)N(C)Cc1n[nH]c2c1CCCC2)N1CCOCC1. The maximum Gasteiger partial charge on any atom is 0.317 e. The third kappa shape index (κ3) is 4.73. The van der Waals surface area contributed by atoms with E-state index in [2.05, 4.69) is 27.3 Å². The number of nitrogens with one attached hydrogen (secondary N) is 2. The summed E-state index contributed by atoms with van der Waals surface area (Å²) in [6.45, 7) is 7.08. The van der Waals surface area contributed by atoms with Crippen LogP contribution in [0.15, 0.2) is 0 Å². The number of nitrogens with zero attached hydrogens (tertiary/aromatic N) is 3. The van der Waals surface area contributed by atoms with Crippen LogP contribution in [0.25, 0.3) is 0 Å². The number of aromatic nitrogens is 2. The number of carbonyl (C=O) groups is 1. The zero-order valence-corrected chi connectivity index (χ0v) is 15.5. The van der Waals surface area contributed by atoms with Crippen LogP contribution >= 0.6 is 0 Å². The number of aromatic amines is 1. The lowest BCUT2D eigenvalue weighted by Gasteiger charge is -2.32. The van der Waals surface area contributed by atoms with Gasteiger partial charge in [-0.3, -0.25) is 10.00 Å². The molecule has 1 aliphatic heterocycles. The minimum atomic E-state index is -0.0262. The number of hydrogen-bond acceptors (Lipinski definition) is 4. The average Bonchev–Trinajstić information content (AvgIpc) is 3.05. The quantitative estimate of drug-likeness (QED) is 0.817. The molecule has 7 nitrogen and oxygen atoms in total. The molecule has 25 heavy (non-hydrogen) atoms. The average molecular weight is 349 g/mol. The number of morpholine rings is 1. The smallest absolute Gasteiger partial charge is 0.317 e. The minimum absolute atomic E-state index is 0.0262. The maximum atomic E-state index is 12.3. The van der Waals surface area contributed by atoms with Gasteiger partial charge in [0.25, 0.3) is 0 Å². The number of urea groups is 1. The zero-order valence-electron chi connectivity index (χ0n) is 15.5. The predicted molar refractivity (Wildman–Crippen MR) is 96.6 cm³/mol. The maximum absolute atomic E-state index is 12.3. The van der Waals surface area contributed by atoms with Crippen molar-refractivity contribution in [2.45, 2.75) is 51.6 Å². The first-order valence-electron chi connectivity index (χ1n) is 9.51. The Labute approximate surface area is 150 Å². The lowest BCUT2D eigenvalue weighted by molar-refractivity contribution is 0.0188. The van der Waals surface area contributed by atoms with Gasteiger partial charge in [-0.15, -0.1) is 0 Å². The molecule has 0 aromatic carbocycles. The van der Waals surface area contributed by atoms with E-state index < -0.39 is 0 Å². The van der Waals surface area contributed by atoms with E-state index in [0.717, 1.165) is 51.3 Å². The van der Waals surface area contributed by atoms with Crippen molar-refractivity contribution in [3.05, 3.63) is 17.0 Å². The summed E-state index contributed by atoms with van der Waals surface area (Å²) in [6, 6.07) is 0.439. The van der Waals surface area contributed by atoms with Crippen molar-refractivity contribution in [1.29, 1.82) is 0 Å². The Morgan fingerprint density at radius 3 is 2.92 bits per heavy atom. The van der Waals surface area contributed by atoms with Gasteiger partial charge in [0.15, 0.2) is 0 Å². The van der Waals surface area contributed by atoms with Crippen molar-refractivity contribution < 1.29 is 9.53 Å². The first kappa shape index (κ1) is 18.2. The summed E-state index contributed by atoms with van der Waals surface area (Å²) in [5, 5.41) is 10.6. The van der Waals surface area contributed by atoms with Crippen molar-refractivity contribution in [1.82, 2.24) is 25.3 Å². The van der Waals surface area contributed by atoms with Crippen LogP contribution in [0.5, 0.6) is 0 Å². The molecule has 2 N–H and O–H groups in total. The fraction of sp³-hybridized carbons (Fsp3) is 0.778. The van der Waals surface area contributed by atoms with Crippen LogP contribution in [0.3, 0.4) is 0 Å². The van der Waals surface area contributed by atoms with Gasteiger partial charge in [0.1, 0.15) is 0 Å². The molecule has 7 heteroatoms. The molecule has 1 fully saturated rings. The molecule has 1 aromatic heterocycles. The fourth-order valence-corrected chi connectivity index (χ4v) is 3.70. The second-order valence-corrected chi connectivity index (χ2v) is 7.21. The Bertz CT molecular complexity index is 568. The fourth-order valence-electron chi connectivity index (χ4n) is 3.70. The summed E-state index contributed by atoms with van der Waals surface area (Å²) in [4.78, 5) is 16.5. The molecule has 2 heterocycles. The van der Waals surface area contributed by atoms with Gasteiger partial charge < -0.3 is 15.0 Å². The number of hydrogen-bond donors (Lipinski definition) is 2. The van der Waals surface area contributed by atoms with Crippen molar-refractivity contribution in [3.8, 4) is 0 Å². The van der Waals surface area contributed by atoms with Crippen LogP contribution < -0.4 is 5.32 Å². The van der Waals surface area contributed by atoms with Gasteiger partial charge >= 0.3 is 6.03 Å². The van der Waals surface area contributed by atoms with E-state index in [0.29, 0.717) is 19.1 Å². The molecule has 1 saturated heterocycles. The molecule has 2 amide bonds. The molecule has 0 bridgehead atoms. The normalized spacial score (nSPS) is 19.3. The molecular formula is C18H31N5O2. The summed E-state index contributed by atoms with van der Waals surface area (Å²) in [5.41, 5.74) is 3.61. The lowest BCUT2D eigenvalue weighted by Crippen LogP contribution is -2.44. The topological polar surface area (TPSA) is 73.5 Å². The molecule has 3 rings (SSSR count). The first-order valence-corrected chi connectivity index (χ1v) is 9.51. The van der Waals surface area contributed by atoms with Crippen molar-refractivity contribution in [2.75, 3.05) is 39.9 Å². The summed E-state index contributed by atoms with van der Waals surface area (Å²) < 4.78 is 5.39. The highest BCUT2D eigenvalue weighted by Crippen LogP contribution is 2.22. The van der Waals surface area contributed by atoms with Crippen molar-refractivity contribution in [2.24, 2.45) is 0 Å². The van der Waals surface area contributed by atoms with Gasteiger partial charge in [0.2, 0.25) is 0 Å². The zero-order chi connectivity index (χ0) is 17.6. The molecule has 0 spiro atoms. The van der Waals surface area contributed by atoms with Gasteiger partial charge in [0.05, 0.1) is 25.5 Å². The standard InChI is InChI=1S/C18H31N5O2/c1-14(23-9-11-25-12-10-23)7-8-19-18(24)22(2)13-17-15-5-3-4-6-16(15)20-21-17/h14H,3-13H2,1-2H3,(H,19,24)(H,20,21). The van der Waals surface area contributed by atoms with Crippen molar-refractivity contribution in [3.63, 3.8) is 0 Å². The largest absolute Gasteiger partial charge is 0.379 e. The number of rotatable bonds is 6. The Kier molecular flexibility index (Phi) is 6.31. The van der Waals surface area contributed by atoms with E-state index in [9.17, 15) is 4.79 Å². The summed E-state index contributed by atoms with van der Waals surface area (Å²) in [5.74, 6) is 0. The predicted octanol–water partition coefficient (Wildman–Crippen LogP) is 1.54. The van der Waals surface area contributed by atoms with E-state index in [1.807, 2.05) is 7.05 Å². The molecule has 2 aliphatic rings. The Morgan fingerprint density at radius 2 is 2.12 bits per heavy atom. The molecule has 140 valence electrons. The van der Waals surface area contributed by atoms with Gasteiger partial charge in [-0.25, -0.2) is 4.79 Å².